The molecule has 0 amide bonds. The van der Waals surface area contributed by atoms with Gasteiger partial charge in [-0.2, -0.15) is 0 Å². The average molecular weight is 501 g/mol. The maximum Gasteiger partial charge on any atom is 0.341 e. The summed E-state index contributed by atoms with van der Waals surface area (Å²) >= 11 is 0. The number of hydrogen-bond donors (Lipinski definition) is 0. The Morgan fingerprint density at radius 2 is 1.53 bits per heavy atom. The third-order valence-corrected chi connectivity index (χ3v) is 8.68. The molecule has 2 saturated carbocycles. The van der Waals surface area contributed by atoms with Crippen molar-refractivity contribution < 1.29 is 42.2 Å². The lowest BCUT2D eigenvalue weighted by Gasteiger charge is -2.61. The fourth-order valence-corrected chi connectivity index (χ4v) is 6.82. The minimum atomic E-state index is -1.02. The molecular formula is C27H32O9. The molecule has 1 saturated heterocycles. The van der Waals surface area contributed by atoms with Gasteiger partial charge >= 0.3 is 17.9 Å². The van der Waals surface area contributed by atoms with E-state index < -0.39 is 52.8 Å². The topological polar surface area (TPSA) is 114 Å². The molecule has 3 heterocycles. The molecule has 7 atom stereocenters. The Labute approximate surface area is 209 Å². The minimum Gasteiger partial charge on any atom is -0.472 e. The number of esters is 3. The van der Waals surface area contributed by atoms with Crippen LogP contribution in [0.4, 0.5) is 0 Å². The number of ether oxygens (including phenoxy) is 4. The van der Waals surface area contributed by atoms with Crippen LogP contribution in [0.3, 0.4) is 0 Å². The van der Waals surface area contributed by atoms with E-state index in [0.29, 0.717) is 19.3 Å². The first-order valence-corrected chi connectivity index (χ1v) is 12.3. The first-order chi connectivity index (χ1) is 17.0. The summed E-state index contributed by atoms with van der Waals surface area (Å²) < 4.78 is 35.0. The summed E-state index contributed by atoms with van der Waals surface area (Å²) in [5.41, 5.74) is -1.76. The second kappa shape index (κ2) is 8.50. The maximum absolute atomic E-state index is 13.2. The van der Waals surface area contributed by atoms with Crippen molar-refractivity contribution in [3.05, 3.63) is 48.3 Å². The van der Waals surface area contributed by atoms with Crippen LogP contribution in [0.2, 0.25) is 0 Å². The SMILES string of the molecule is CC(=O)O[C@@H]1C[C@@H](C)[C@@]23C[C@@H](C[C@H](OC(=O)c4ccoc4)[C@]2(C)[C@H]1OC(=O)c1ccoc1)C(C)(C)O3. The number of carbonyl (C=O) groups is 3. The van der Waals surface area contributed by atoms with Crippen molar-refractivity contribution in [3.8, 4) is 0 Å². The molecule has 1 spiro atoms. The zero-order chi connectivity index (χ0) is 25.9. The third-order valence-electron chi connectivity index (χ3n) is 8.68. The molecule has 2 aromatic rings. The van der Waals surface area contributed by atoms with E-state index in [1.165, 1.54) is 38.0 Å². The van der Waals surface area contributed by atoms with Gasteiger partial charge < -0.3 is 27.8 Å². The van der Waals surface area contributed by atoms with Crippen LogP contribution in [-0.2, 0) is 23.7 Å². The lowest BCUT2D eigenvalue weighted by Crippen LogP contribution is -2.71. The molecule has 9 nitrogen and oxygen atoms in total. The third kappa shape index (κ3) is 3.67. The van der Waals surface area contributed by atoms with Gasteiger partial charge in [0.05, 0.1) is 40.3 Å². The number of fused-ring (bicyclic) bond motifs is 1. The highest BCUT2D eigenvalue weighted by atomic mass is 16.6. The van der Waals surface area contributed by atoms with Crippen LogP contribution in [0.5, 0.6) is 0 Å². The molecule has 3 fully saturated rings. The van der Waals surface area contributed by atoms with Gasteiger partial charge in [-0.15, -0.1) is 0 Å². The lowest BCUT2D eigenvalue weighted by molar-refractivity contribution is -0.277. The van der Waals surface area contributed by atoms with Gasteiger partial charge in [0.2, 0.25) is 0 Å². The molecule has 36 heavy (non-hydrogen) atoms. The van der Waals surface area contributed by atoms with Crippen LogP contribution in [0.25, 0.3) is 0 Å². The summed E-state index contributed by atoms with van der Waals surface area (Å²) in [7, 11) is 0. The highest BCUT2D eigenvalue weighted by molar-refractivity contribution is 5.89. The van der Waals surface area contributed by atoms with Gasteiger partial charge in [0.25, 0.3) is 0 Å². The Morgan fingerprint density at radius 3 is 2.08 bits per heavy atom. The number of rotatable bonds is 5. The van der Waals surface area contributed by atoms with E-state index >= 15 is 0 Å². The molecule has 2 aliphatic carbocycles. The minimum absolute atomic E-state index is 0.0737. The van der Waals surface area contributed by atoms with Gasteiger partial charge in [-0.3, -0.25) is 4.79 Å². The summed E-state index contributed by atoms with van der Waals surface area (Å²) in [5, 5.41) is 0. The largest absolute Gasteiger partial charge is 0.472 e. The summed E-state index contributed by atoms with van der Waals surface area (Å²) in [6, 6.07) is 3.05. The standard InChI is InChI=1S/C27H32O9/c1-15-10-20(33-16(2)28)22(35-24(30)18-7-9-32-14-18)26(5)21(34-23(29)17-6-8-31-13-17)11-19-12-27(15,26)36-25(19,3)4/h6-9,13-15,19-22H,10-12H2,1-5H3/t15-,19-,20-,21+,22+,26-,27+/m1/s1. The lowest BCUT2D eigenvalue weighted by atomic mass is 9.49. The average Bonchev–Trinajstić information content (AvgIpc) is 3.55. The second-order valence-corrected chi connectivity index (χ2v) is 11.0. The van der Waals surface area contributed by atoms with Crippen LogP contribution < -0.4 is 0 Å². The normalized spacial score (nSPS) is 36.5. The molecule has 0 aromatic carbocycles. The predicted octanol–water partition coefficient (Wildman–Crippen LogP) is 4.56. The predicted molar refractivity (Wildman–Crippen MR) is 124 cm³/mol. The Balaban J connectivity index is 1.60. The Morgan fingerprint density at radius 1 is 0.917 bits per heavy atom. The zero-order valence-corrected chi connectivity index (χ0v) is 21.1. The van der Waals surface area contributed by atoms with Crippen molar-refractivity contribution in [1.29, 1.82) is 0 Å². The van der Waals surface area contributed by atoms with Gasteiger partial charge in [0.15, 0.2) is 6.10 Å². The van der Waals surface area contributed by atoms with Crippen molar-refractivity contribution in [2.24, 2.45) is 17.3 Å². The summed E-state index contributed by atoms with van der Waals surface area (Å²) in [6.07, 6.45) is 4.72. The monoisotopic (exact) mass is 500 g/mol. The van der Waals surface area contributed by atoms with Crippen molar-refractivity contribution in [2.45, 2.75) is 83.4 Å². The van der Waals surface area contributed by atoms with E-state index in [9.17, 15) is 14.4 Å². The van der Waals surface area contributed by atoms with Gasteiger partial charge in [0, 0.05) is 6.92 Å². The molecule has 9 heteroatoms. The van der Waals surface area contributed by atoms with E-state index in [2.05, 4.69) is 6.92 Å². The molecule has 3 aliphatic rings. The zero-order valence-electron chi connectivity index (χ0n) is 21.1. The van der Waals surface area contributed by atoms with Crippen LogP contribution in [0, 0.1) is 17.3 Å². The first kappa shape index (κ1) is 24.6. The van der Waals surface area contributed by atoms with E-state index in [-0.39, 0.29) is 23.0 Å². The molecule has 2 bridgehead atoms. The maximum atomic E-state index is 13.2. The summed E-state index contributed by atoms with van der Waals surface area (Å²) in [4.78, 5) is 38.4. The van der Waals surface area contributed by atoms with Crippen LogP contribution in [-0.4, -0.2) is 47.4 Å². The van der Waals surface area contributed by atoms with Crippen molar-refractivity contribution >= 4 is 17.9 Å². The Hall–Kier alpha value is -3.07. The van der Waals surface area contributed by atoms with E-state index in [1.54, 1.807) is 6.07 Å². The van der Waals surface area contributed by atoms with E-state index in [1.807, 2.05) is 20.8 Å². The van der Waals surface area contributed by atoms with E-state index in [4.69, 9.17) is 27.8 Å². The second-order valence-electron chi connectivity index (χ2n) is 11.0. The smallest absolute Gasteiger partial charge is 0.341 e. The first-order valence-electron chi connectivity index (χ1n) is 12.3. The highest BCUT2D eigenvalue weighted by Gasteiger charge is 2.75. The fraction of sp³-hybridized carbons (Fsp3) is 0.593. The van der Waals surface area contributed by atoms with Gasteiger partial charge in [-0.05, 0) is 64.0 Å². The number of carbonyl (C=O) groups excluding carboxylic acids is 3. The fourth-order valence-electron chi connectivity index (χ4n) is 6.82. The van der Waals surface area contributed by atoms with E-state index in [0.717, 1.165) is 0 Å². The summed E-state index contributed by atoms with van der Waals surface area (Å²) in [6.45, 7) is 9.41. The molecule has 5 rings (SSSR count). The molecule has 0 N–H and O–H groups in total. The van der Waals surface area contributed by atoms with Crippen LogP contribution in [0.1, 0.15) is 74.6 Å². The molecule has 0 unspecified atom stereocenters. The molecule has 2 aromatic heterocycles. The Kier molecular flexibility index (Phi) is 5.82. The number of furan rings is 2. The van der Waals surface area contributed by atoms with Crippen LogP contribution >= 0.6 is 0 Å². The summed E-state index contributed by atoms with van der Waals surface area (Å²) in [5.74, 6) is -1.59. The van der Waals surface area contributed by atoms with Crippen molar-refractivity contribution in [1.82, 2.24) is 0 Å². The number of hydrogen-bond acceptors (Lipinski definition) is 9. The van der Waals surface area contributed by atoms with Gasteiger partial charge in [-0.25, -0.2) is 9.59 Å². The highest BCUT2D eigenvalue weighted by Crippen LogP contribution is 2.67. The van der Waals surface area contributed by atoms with Gasteiger partial charge in [-0.1, -0.05) is 6.92 Å². The molecule has 0 radical (unpaired) electrons. The van der Waals surface area contributed by atoms with Gasteiger partial charge in [0.1, 0.15) is 24.7 Å². The molecule has 194 valence electrons. The molecule has 1 aliphatic heterocycles. The van der Waals surface area contributed by atoms with Crippen molar-refractivity contribution in [2.75, 3.05) is 0 Å². The van der Waals surface area contributed by atoms with Crippen LogP contribution in [0.15, 0.2) is 46.0 Å². The van der Waals surface area contributed by atoms with Crippen molar-refractivity contribution in [3.63, 3.8) is 0 Å². The molecular weight excluding hydrogens is 468 g/mol. The quantitative estimate of drug-likeness (QED) is 0.430. The Bertz CT molecular complexity index is 1130.